The highest BCUT2D eigenvalue weighted by molar-refractivity contribution is 7.80. The fourth-order valence-corrected chi connectivity index (χ4v) is 3.14. The van der Waals surface area contributed by atoms with Gasteiger partial charge in [0, 0.05) is 18.0 Å². The second kappa shape index (κ2) is 8.49. The van der Waals surface area contributed by atoms with Gasteiger partial charge in [-0.2, -0.15) is 0 Å². The highest BCUT2D eigenvalue weighted by Gasteiger charge is 2.34. The number of nitrogens with one attached hydrogen (secondary N) is 2. The van der Waals surface area contributed by atoms with Gasteiger partial charge in [-0.15, -0.1) is 0 Å². The molecule has 1 aromatic carbocycles. The molecule has 24 heavy (non-hydrogen) atoms. The first kappa shape index (κ1) is 18.0. The Morgan fingerprint density at radius 3 is 2.58 bits per heavy atom. The van der Waals surface area contributed by atoms with E-state index < -0.39 is 12.2 Å². The zero-order chi connectivity index (χ0) is 17.5. The first-order chi connectivity index (χ1) is 11.5. The molecule has 2 amide bonds. The maximum Gasteiger partial charge on any atom is 0.407 e. The van der Waals surface area contributed by atoms with Gasteiger partial charge in [0.2, 0.25) is 0 Å². The summed E-state index contributed by atoms with van der Waals surface area (Å²) in [5, 5.41) is 14.1. The van der Waals surface area contributed by atoms with E-state index in [1.54, 1.807) is 0 Å². The summed E-state index contributed by atoms with van der Waals surface area (Å²) in [5.74, 6) is -0.269. The Labute approximate surface area is 145 Å². The number of carbonyl (C=O) groups is 2. The van der Waals surface area contributed by atoms with Crippen LogP contribution in [0.25, 0.3) is 0 Å². The fraction of sp³-hybridized carbons (Fsp3) is 0.438. The zero-order valence-electron chi connectivity index (χ0n) is 13.1. The number of nitrogens with two attached hydrogens (primary N) is 1. The second-order valence-electron chi connectivity index (χ2n) is 5.78. The van der Waals surface area contributed by atoms with Crippen molar-refractivity contribution in [1.82, 2.24) is 10.6 Å². The molecule has 7 nitrogen and oxygen atoms in total. The second-order valence-corrected chi connectivity index (χ2v) is 6.25. The highest BCUT2D eigenvalue weighted by atomic mass is 32.1. The SMILES string of the molecule is NC(=S)[C@@H]1C[C@H](NC(=O)O)CC[C@@H]1NC(=O)OCc1ccccc1. The van der Waals surface area contributed by atoms with E-state index in [1.165, 1.54) is 0 Å². The van der Waals surface area contributed by atoms with Crippen molar-refractivity contribution >= 4 is 29.4 Å². The lowest BCUT2D eigenvalue weighted by Crippen LogP contribution is -2.52. The van der Waals surface area contributed by atoms with Crippen molar-refractivity contribution in [1.29, 1.82) is 0 Å². The van der Waals surface area contributed by atoms with E-state index in [0.717, 1.165) is 5.56 Å². The van der Waals surface area contributed by atoms with Crippen molar-refractivity contribution in [3.8, 4) is 0 Å². The Kier molecular flexibility index (Phi) is 6.36. The molecule has 1 saturated carbocycles. The lowest BCUT2D eigenvalue weighted by atomic mass is 9.81. The van der Waals surface area contributed by atoms with E-state index >= 15 is 0 Å². The molecule has 1 fully saturated rings. The molecule has 0 unspecified atom stereocenters. The number of carbonyl (C=O) groups excluding carboxylic acids is 1. The van der Waals surface area contributed by atoms with E-state index in [1.807, 2.05) is 30.3 Å². The average Bonchev–Trinajstić information content (AvgIpc) is 2.54. The normalized spacial score (nSPS) is 23.1. The number of alkyl carbamates (subject to hydrolysis) is 1. The average molecular weight is 351 g/mol. The topological polar surface area (TPSA) is 114 Å². The van der Waals surface area contributed by atoms with Crippen LogP contribution in [0.4, 0.5) is 9.59 Å². The van der Waals surface area contributed by atoms with E-state index in [0.29, 0.717) is 19.3 Å². The minimum absolute atomic E-state index is 0.181. The lowest BCUT2D eigenvalue weighted by Gasteiger charge is -2.35. The van der Waals surface area contributed by atoms with E-state index in [-0.39, 0.29) is 29.6 Å². The molecule has 1 aromatic rings. The summed E-state index contributed by atoms with van der Waals surface area (Å²) in [6.45, 7) is 0.181. The minimum atomic E-state index is -1.07. The Hall–Kier alpha value is -2.35. The van der Waals surface area contributed by atoms with E-state index in [4.69, 9.17) is 27.8 Å². The smallest absolute Gasteiger partial charge is 0.407 e. The van der Waals surface area contributed by atoms with E-state index in [2.05, 4.69) is 10.6 Å². The Bertz CT molecular complexity index is 596. The minimum Gasteiger partial charge on any atom is -0.465 e. The van der Waals surface area contributed by atoms with Crippen LogP contribution in [0.15, 0.2) is 30.3 Å². The number of rotatable bonds is 5. The highest BCUT2D eigenvalue weighted by Crippen LogP contribution is 2.25. The summed E-state index contributed by atoms with van der Waals surface area (Å²) in [5.41, 5.74) is 6.65. The Morgan fingerprint density at radius 1 is 1.25 bits per heavy atom. The van der Waals surface area contributed by atoms with Gasteiger partial charge in [-0.1, -0.05) is 42.5 Å². The van der Waals surface area contributed by atoms with Crippen LogP contribution >= 0.6 is 12.2 Å². The summed E-state index contributed by atoms with van der Waals surface area (Å²) in [7, 11) is 0. The van der Waals surface area contributed by atoms with Gasteiger partial charge in [0.05, 0.1) is 4.99 Å². The summed E-state index contributed by atoms with van der Waals surface area (Å²) in [6.07, 6.45) is 0.0402. The number of benzene rings is 1. The Balaban J connectivity index is 1.86. The largest absolute Gasteiger partial charge is 0.465 e. The van der Waals surface area contributed by atoms with Gasteiger partial charge in [-0.3, -0.25) is 0 Å². The molecule has 0 heterocycles. The summed E-state index contributed by atoms with van der Waals surface area (Å²) < 4.78 is 5.21. The van der Waals surface area contributed by atoms with Crippen molar-refractivity contribution in [2.24, 2.45) is 11.7 Å². The van der Waals surface area contributed by atoms with Crippen molar-refractivity contribution < 1.29 is 19.4 Å². The summed E-state index contributed by atoms with van der Waals surface area (Å²) >= 11 is 5.06. The quantitative estimate of drug-likeness (QED) is 0.604. The van der Waals surface area contributed by atoms with Gasteiger partial charge in [0.1, 0.15) is 6.61 Å². The van der Waals surface area contributed by atoms with Crippen LogP contribution in [0.3, 0.4) is 0 Å². The van der Waals surface area contributed by atoms with Crippen LogP contribution in [-0.2, 0) is 11.3 Å². The van der Waals surface area contributed by atoms with E-state index in [9.17, 15) is 9.59 Å². The number of amides is 2. The predicted octanol–water partition coefficient (Wildman–Crippen LogP) is 2.00. The molecule has 0 spiro atoms. The molecule has 1 aliphatic carbocycles. The van der Waals surface area contributed by atoms with Crippen molar-refractivity contribution in [2.75, 3.05) is 0 Å². The molecule has 2 rings (SSSR count). The summed E-state index contributed by atoms with van der Waals surface area (Å²) in [6, 6.07) is 8.90. The number of hydrogen-bond acceptors (Lipinski definition) is 4. The number of hydrogen-bond donors (Lipinski definition) is 4. The molecule has 0 radical (unpaired) electrons. The third-order valence-corrected chi connectivity index (χ3v) is 4.36. The molecule has 8 heteroatoms. The molecule has 5 N–H and O–H groups in total. The summed E-state index contributed by atoms with van der Waals surface area (Å²) in [4.78, 5) is 23.0. The van der Waals surface area contributed by atoms with Crippen LogP contribution in [0, 0.1) is 5.92 Å². The molecular weight excluding hydrogens is 330 g/mol. The van der Waals surface area contributed by atoms with Gasteiger partial charge in [-0.05, 0) is 24.8 Å². The lowest BCUT2D eigenvalue weighted by molar-refractivity contribution is 0.128. The third kappa shape index (κ3) is 5.38. The molecule has 1 aliphatic rings. The van der Waals surface area contributed by atoms with Crippen LogP contribution in [-0.4, -0.2) is 34.4 Å². The van der Waals surface area contributed by atoms with Gasteiger partial charge < -0.3 is 26.2 Å². The van der Waals surface area contributed by atoms with Crippen LogP contribution in [0.2, 0.25) is 0 Å². The molecule has 0 aliphatic heterocycles. The number of ether oxygens (including phenoxy) is 1. The predicted molar refractivity (Wildman–Crippen MR) is 92.6 cm³/mol. The fourth-order valence-electron chi connectivity index (χ4n) is 2.88. The van der Waals surface area contributed by atoms with Gasteiger partial charge in [0.15, 0.2) is 0 Å². The van der Waals surface area contributed by atoms with Crippen molar-refractivity contribution in [3.05, 3.63) is 35.9 Å². The maximum absolute atomic E-state index is 12.0. The van der Waals surface area contributed by atoms with Crippen LogP contribution in [0.5, 0.6) is 0 Å². The van der Waals surface area contributed by atoms with Crippen LogP contribution in [0.1, 0.15) is 24.8 Å². The first-order valence-corrected chi connectivity index (χ1v) is 8.12. The molecule has 0 aromatic heterocycles. The Morgan fingerprint density at radius 2 is 1.96 bits per heavy atom. The molecule has 0 bridgehead atoms. The molecule has 3 atom stereocenters. The van der Waals surface area contributed by atoms with Gasteiger partial charge >= 0.3 is 12.2 Å². The zero-order valence-corrected chi connectivity index (χ0v) is 13.9. The maximum atomic E-state index is 12.0. The van der Waals surface area contributed by atoms with Gasteiger partial charge in [-0.25, -0.2) is 9.59 Å². The van der Waals surface area contributed by atoms with Crippen LogP contribution < -0.4 is 16.4 Å². The standard InChI is InChI=1S/C16H21N3O4S/c17-14(24)12-8-11(18-15(20)21)6-7-13(12)19-16(22)23-9-10-4-2-1-3-5-10/h1-5,11-13,18H,6-9H2,(H2,17,24)(H,19,22)(H,20,21)/t11-,12-,13+/m1/s1. The molecule has 130 valence electrons. The van der Waals surface area contributed by atoms with Crippen molar-refractivity contribution in [3.63, 3.8) is 0 Å². The molecule has 0 saturated heterocycles. The van der Waals surface area contributed by atoms with Gasteiger partial charge in [0.25, 0.3) is 0 Å². The third-order valence-electron chi connectivity index (χ3n) is 4.06. The molecular formula is C16H21N3O4S. The first-order valence-electron chi connectivity index (χ1n) is 7.71. The van der Waals surface area contributed by atoms with Crippen molar-refractivity contribution in [2.45, 2.75) is 38.0 Å². The monoisotopic (exact) mass is 351 g/mol. The number of carboxylic acid groups (broad SMARTS) is 1. The number of thiocarbonyl (C=S) groups is 1.